The maximum atomic E-state index is 13.3. The van der Waals surface area contributed by atoms with Gasteiger partial charge in [-0.2, -0.15) is 0 Å². The van der Waals surface area contributed by atoms with Gasteiger partial charge in [-0.15, -0.1) is 0 Å². The first-order valence-electron chi connectivity index (χ1n) is 9.15. The first-order valence-corrected chi connectivity index (χ1v) is 9.15. The molecule has 1 aromatic rings. The molecule has 150 valence electrons. The fourth-order valence-corrected chi connectivity index (χ4v) is 2.83. The van der Waals surface area contributed by atoms with Crippen molar-refractivity contribution >= 4 is 11.7 Å². The van der Waals surface area contributed by atoms with E-state index in [9.17, 15) is 14.7 Å². The molecule has 5 nitrogen and oxygen atoms in total. The van der Waals surface area contributed by atoms with Crippen LogP contribution in [0.4, 0.5) is 0 Å². The summed E-state index contributed by atoms with van der Waals surface area (Å²) >= 11 is 0. The van der Waals surface area contributed by atoms with Crippen molar-refractivity contribution in [3.63, 3.8) is 0 Å². The van der Waals surface area contributed by atoms with Crippen LogP contribution in [-0.2, 0) is 15.6 Å². The number of Topliss-reactive ketones (excluding diaryl/α,β-unsaturated/α-hetero) is 1. The van der Waals surface area contributed by atoms with Crippen molar-refractivity contribution in [1.29, 1.82) is 0 Å². The second-order valence-electron chi connectivity index (χ2n) is 9.18. The van der Waals surface area contributed by atoms with Crippen LogP contribution >= 0.6 is 0 Å². The molecule has 0 radical (unpaired) electrons. The Balaban J connectivity index is 3.82. The normalized spacial score (nSPS) is 13.1. The number of phenolic OH excluding ortho intramolecular Hbond substituents is 1. The number of nitrogens with zero attached hydrogens (tertiary/aromatic N) is 1. The number of amides is 1. The minimum absolute atomic E-state index is 0.105. The van der Waals surface area contributed by atoms with Crippen LogP contribution in [0.5, 0.6) is 5.75 Å². The van der Waals surface area contributed by atoms with Crippen LogP contribution in [0.25, 0.3) is 0 Å². The topological polar surface area (TPSA) is 69.6 Å². The lowest BCUT2D eigenvalue weighted by atomic mass is 9.77. The smallest absolute Gasteiger partial charge is 0.256 e. The molecule has 5 heteroatoms. The lowest BCUT2D eigenvalue weighted by Crippen LogP contribution is -2.29. The van der Waals surface area contributed by atoms with E-state index in [-0.39, 0.29) is 27.9 Å². The number of phenols is 1. The average Bonchev–Trinajstić information content (AvgIpc) is 2.52. The first-order chi connectivity index (χ1) is 12.1. The summed E-state index contributed by atoms with van der Waals surface area (Å²) < 4.78 is 0. The molecule has 0 fully saturated rings. The van der Waals surface area contributed by atoms with E-state index in [1.807, 2.05) is 41.5 Å². The zero-order valence-corrected chi connectivity index (χ0v) is 18.4. The van der Waals surface area contributed by atoms with Crippen molar-refractivity contribution < 1.29 is 14.7 Å². The predicted octanol–water partition coefficient (Wildman–Crippen LogP) is 3.75. The highest BCUT2D eigenvalue weighted by Crippen LogP contribution is 2.40. The zero-order chi connectivity index (χ0) is 21.3. The molecule has 0 saturated heterocycles. The Labute approximate surface area is 163 Å². The van der Waals surface area contributed by atoms with Crippen molar-refractivity contribution in [2.75, 3.05) is 21.1 Å². The Morgan fingerprint density at radius 1 is 0.963 bits per heavy atom. The number of carbonyl (C=O) groups excluding carboxylic acids is 2. The van der Waals surface area contributed by atoms with Crippen LogP contribution in [0, 0.1) is 0 Å². The van der Waals surface area contributed by atoms with Gasteiger partial charge in [0.1, 0.15) is 11.3 Å². The Hall–Kier alpha value is -2.30. The molecule has 0 spiro atoms. The highest BCUT2D eigenvalue weighted by Gasteiger charge is 2.30. The molecule has 0 aliphatic heterocycles. The monoisotopic (exact) mass is 374 g/mol. The molecule has 2 N–H and O–H groups in total. The standard InChI is InChI=1S/C22H34N2O3/c1-13(24(9)10)17(20(27)23-8)18(25)14-11-15(21(2,3)4)19(26)16(12-14)22(5,6)7/h11-12,26H,1-10H3,(H,23,27). The number of aromatic hydroxyl groups is 1. The number of nitrogens with one attached hydrogen (secondary N) is 1. The summed E-state index contributed by atoms with van der Waals surface area (Å²) in [6.07, 6.45) is 0. The van der Waals surface area contributed by atoms with E-state index in [1.54, 1.807) is 38.1 Å². The number of hydrogen-bond acceptors (Lipinski definition) is 4. The maximum Gasteiger partial charge on any atom is 0.256 e. The van der Waals surface area contributed by atoms with E-state index >= 15 is 0 Å². The second kappa shape index (κ2) is 7.75. The minimum Gasteiger partial charge on any atom is -0.507 e. The molecule has 0 aromatic heterocycles. The van der Waals surface area contributed by atoms with E-state index in [0.717, 1.165) is 0 Å². The summed E-state index contributed by atoms with van der Waals surface area (Å²) in [6, 6.07) is 3.41. The van der Waals surface area contributed by atoms with Crippen LogP contribution in [0.3, 0.4) is 0 Å². The molecule has 1 amide bonds. The second-order valence-corrected chi connectivity index (χ2v) is 9.18. The number of hydrogen-bond donors (Lipinski definition) is 2. The third-order valence-corrected chi connectivity index (χ3v) is 4.70. The van der Waals surface area contributed by atoms with Gasteiger partial charge in [0.2, 0.25) is 0 Å². The third-order valence-electron chi connectivity index (χ3n) is 4.70. The molecule has 27 heavy (non-hydrogen) atoms. The Morgan fingerprint density at radius 2 is 1.37 bits per heavy atom. The Kier molecular flexibility index (Phi) is 6.53. The molecule has 0 heterocycles. The van der Waals surface area contributed by atoms with Crippen molar-refractivity contribution in [2.45, 2.75) is 59.3 Å². The van der Waals surface area contributed by atoms with Crippen LogP contribution < -0.4 is 5.32 Å². The summed E-state index contributed by atoms with van der Waals surface area (Å²) in [5.74, 6) is -0.563. The number of rotatable bonds is 4. The average molecular weight is 375 g/mol. The van der Waals surface area contributed by atoms with Crippen molar-refractivity contribution in [3.05, 3.63) is 40.1 Å². The SMILES string of the molecule is CNC(=O)C(C(=O)c1cc(C(C)(C)C)c(O)c(C(C)(C)C)c1)=C(C)N(C)C. The molecular formula is C22H34N2O3. The van der Waals surface area contributed by atoms with Gasteiger partial charge >= 0.3 is 0 Å². The Bertz CT molecular complexity index is 741. The number of likely N-dealkylation sites (N-methyl/N-ethyl adjacent to an activating group) is 1. The number of benzene rings is 1. The lowest BCUT2D eigenvalue weighted by molar-refractivity contribution is -0.116. The molecule has 1 rings (SSSR count). The van der Waals surface area contributed by atoms with Crippen LogP contribution in [0.1, 0.15) is 70.0 Å². The summed E-state index contributed by atoms with van der Waals surface area (Å²) in [7, 11) is 5.10. The third kappa shape index (κ3) is 4.90. The van der Waals surface area contributed by atoms with Gasteiger partial charge in [-0.05, 0) is 29.9 Å². The van der Waals surface area contributed by atoms with E-state index < -0.39 is 5.91 Å². The van der Waals surface area contributed by atoms with E-state index in [0.29, 0.717) is 22.4 Å². The zero-order valence-electron chi connectivity index (χ0n) is 18.4. The van der Waals surface area contributed by atoms with Gasteiger partial charge < -0.3 is 15.3 Å². The van der Waals surface area contributed by atoms with Gasteiger partial charge in [-0.3, -0.25) is 9.59 Å². The van der Waals surface area contributed by atoms with Gasteiger partial charge in [0, 0.05) is 43.5 Å². The van der Waals surface area contributed by atoms with Crippen LogP contribution in [0.2, 0.25) is 0 Å². The molecule has 0 aliphatic carbocycles. The highest BCUT2D eigenvalue weighted by molar-refractivity contribution is 6.26. The van der Waals surface area contributed by atoms with Gasteiger partial charge in [-0.25, -0.2) is 0 Å². The van der Waals surface area contributed by atoms with Crippen LogP contribution in [-0.4, -0.2) is 42.8 Å². The molecule has 0 saturated carbocycles. The van der Waals surface area contributed by atoms with E-state index in [1.165, 1.54) is 7.05 Å². The first kappa shape index (κ1) is 22.7. The van der Waals surface area contributed by atoms with Crippen molar-refractivity contribution in [2.24, 2.45) is 0 Å². The summed E-state index contributed by atoms with van der Waals surface area (Å²) in [5, 5.41) is 13.4. The quantitative estimate of drug-likeness (QED) is 0.364. The molecular weight excluding hydrogens is 340 g/mol. The highest BCUT2D eigenvalue weighted by atomic mass is 16.3. The summed E-state index contributed by atoms with van der Waals surface area (Å²) in [6.45, 7) is 13.7. The minimum atomic E-state index is -0.422. The maximum absolute atomic E-state index is 13.3. The predicted molar refractivity (Wildman–Crippen MR) is 110 cm³/mol. The van der Waals surface area contributed by atoms with Crippen molar-refractivity contribution in [3.8, 4) is 5.75 Å². The molecule has 0 atom stereocenters. The number of allylic oxidation sites excluding steroid dienone is 1. The molecule has 1 aromatic carbocycles. The van der Waals surface area contributed by atoms with Gasteiger partial charge in [-0.1, -0.05) is 41.5 Å². The molecule has 0 unspecified atom stereocenters. The van der Waals surface area contributed by atoms with Gasteiger partial charge in [0.05, 0.1) is 0 Å². The number of carbonyl (C=O) groups is 2. The van der Waals surface area contributed by atoms with E-state index in [2.05, 4.69) is 5.32 Å². The number of ketones is 1. The largest absolute Gasteiger partial charge is 0.507 e. The summed E-state index contributed by atoms with van der Waals surface area (Å²) in [5.41, 5.74) is 1.77. The Morgan fingerprint density at radius 3 is 1.67 bits per heavy atom. The molecule has 0 aliphatic rings. The lowest BCUT2D eigenvalue weighted by Gasteiger charge is -2.28. The molecule has 0 bridgehead atoms. The fourth-order valence-electron chi connectivity index (χ4n) is 2.83. The summed E-state index contributed by atoms with van der Waals surface area (Å²) in [4.78, 5) is 27.5. The van der Waals surface area contributed by atoms with Gasteiger partial charge in [0.15, 0.2) is 5.78 Å². The van der Waals surface area contributed by atoms with Gasteiger partial charge in [0.25, 0.3) is 5.91 Å². The fraction of sp³-hybridized carbons (Fsp3) is 0.545. The van der Waals surface area contributed by atoms with Crippen molar-refractivity contribution in [1.82, 2.24) is 10.2 Å². The van der Waals surface area contributed by atoms with Crippen LogP contribution in [0.15, 0.2) is 23.4 Å². The van der Waals surface area contributed by atoms with E-state index in [4.69, 9.17) is 0 Å².